The molecule has 0 radical (unpaired) electrons. The molecule has 2 heterocycles. The normalized spacial score (nSPS) is 10.2. The van der Waals surface area contributed by atoms with Crippen molar-refractivity contribution < 1.29 is 18.4 Å². The largest absolute Gasteiger partial charge is 0.467 e. The van der Waals surface area contributed by atoms with Gasteiger partial charge in [0, 0.05) is 16.4 Å². The summed E-state index contributed by atoms with van der Waals surface area (Å²) >= 11 is 3.36. The Morgan fingerprint density at radius 1 is 0.857 bits per heavy atom. The third-order valence-corrected chi connectivity index (χ3v) is 4.25. The summed E-state index contributed by atoms with van der Waals surface area (Å²) in [6, 6.07) is 14.3. The van der Waals surface area contributed by atoms with E-state index in [9.17, 15) is 9.59 Å². The Kier molecular flexibility index (Phi) is 6.69. The van der Waals surface area contributed by atoms with Crippen LogP contribution in [0.5, 0.6) is 0 Å². The van der Waals surface area contributed by atoms with E-state index in [0.717, 1.165) is 10.2 Å². The molecule has 2 aromatic heterocycles. The van der Waals surface area contributed by atoms with Crippen molar-refractivity contribution in [3.8, 4) is 0 Å². The minimum absolute atomic E-state index is 0.0685. The maximum Gasteiger partial charge on any atom is 0.258 e. The number of nitrogens with one attached hydrogen (secondary N) is 3. The van der Waals surface area contributed by atoms with Crippen molar-refractivity contribution in [1.82, 2.24) is 10.6 Å². The number of rotatable bonds is 8. The lowest BCUT2D eigenvalue weighted by Crippen LogP contribution is -2.34. The molecule has 7 nitrogen and oxygen atoms in total. The summed E-state index contributed by atoms with van der Waals surface area (Å²) in [5, 5.41) is 8.31. The molecule has 0 fully saturated rings. The van der Waals surface area contributed by atoms with Crippen LogP contribution in [0.15, 0.2) is 86.1 Å². The average molecular weight is 444 g/mol. The van der Waals surface area contributed by atoms with E-state index in [1.54, 1.807) is 24.3 Å². The first-order valence-electron chi connectivity index (χ1n) is 8.45. The molecule has 2 amide bonds. The van der Waals surface area contributed by atoms with Crippen LogP contribution in [0.1, 0.15) is 11.5 Å². The fourth-order valence-corrected chi connectivity index (χ4v) is 2.55. The van der Waals surface area contributed by atoms with Crippen LogP contribution in [0.4, 0.5) is 5.69 Å². The topological polar surface area (TPSA) is 96.5 Å². The predicted molar refractivity (Wildman–Crippen MR) is 107 cm³/mol. The van der Waals surface area contributed by atoms with Gasteiger partial charge in [0.15, 0.2) is 0 Å². The molecule has 1 aromatic carbocycles. The Balaban J connectivity index is 1.69. The smallest absolute Gasteiger partial charge is 0.258 e. The van der Waals surface area contributed by atoms with Crippen molar-refractivity contribution in [2.24, 2.45) is 0 Å². The maximum atomic E-state index is 12.6. The van der Waals surface area contributed by atoms with Gasteiger partial charge in [-0.2, -0.15) is 0 Å². The van der Waals surface area contributed by atoms with Crippen LogP contribution < -0.4 is 16.0 Å². The van der Waals surface area contributed by atoms with Crippen molar-refractivity contribution in [1.29, 1.82) is 0 Å². The third kappa shape index (κ3) is 5.62. The molecule has 3 aromatic rings. The van der Waals surface area contributed by atoms with E-state index < -0.39 is 11.8 Å². The van der Waals surface area contributed by atoms with Gasteiger partial charge in [0.1, 0.15) is 17.1 Å². The standard InChI is InChI=1S/C20H18BrN3O4/c21-14-5-7-15(8-6-14)22-13-18(19(25)23-11-16-3-1-9-27-16)20(26)24-12-17-4-2-10-28-17/h1-10,13,22H,11-12H2,(H,23,25)(H,24,26). The first-order valence-corrected chi connectivity index (χ1v) is 9.24. The Morgan fingerprint density at radius 2 is 1.39 bits per heavy atom. The molecule has 0 unspecified atom stereocenters. The van der Waals surface area contributed by atoms with Crippen molar-refractivity contribution >= 4 is 33.4 Å². The van der Waals surface area contributed by atoms with E-state index in [1.807, 2.05) is 24.3 Å². The SMILES string of the molecule is O=C(NCc1ccco1)C(=CNc1ccc(Br)cc1)C(=O)NCc1ccco1. The van der Waals surface area contributed by atoms with Gasteiger partial charge in [0.05, 0.1) is 25.6 Å². The van der Waals surface area contributed by atoms with Gasteiger partial charge in [0.25, 0.3) is 11.8 Å². The first-order chi connectivity index (χ1) is 13.6. The molecule has 0 atom stereocenters. The Morgan fingerprint density at radius 3 is 1.86 bits per heavy atom. The van der Waals surface area contributed by atoms with Gasteiger partial charge in [-0.25, -0.2) is 0 Å². The summed E-state index contributed by atoms with van der Waals surface area (Å²) in [6.45, 7) is 0.347. The highest BCUT2D eigenvalue weighted by atomic mass is 79.9. The molecule has 3 rings (SSSR count). The zero-order valence-corrected chi connectivity index (χ0v) is 16.4. The quantitative estimate of drug-likeness (QED) is 0.281. The minimum atomic E-state index is -0.530. The number of carbonyl (C=O) groups is 2. The number of furan rings is 2. The molecule has 0 saturated carbocycles. The van der Waals surface area contributed by atoms with Crippen LogP contribution in [0.3, 0.4) is 0 Å². The highest BCUT2D eigenvalue weighted by molar-refractivity contribution is 9.10. The highest BCUT2D eigenvalue weighted by Crippen LogP contribution is 2.14. The molecule has 0 aliphatic heterocycles. The Hall–Kier alpha value is -3.26. The number of halogens is 1. The Labute approximate surface area is 169 Å². The number of hydrogen-bond acceptors (Lipinski definition) is 5. The van der Waals surface area contributed by atoms with Crippen molar-refractivity contribution in [2.75, 3.05) is 5.32 Å². The average Bonchev–Trinajstić information content (AvgIpc) is 3.40. The summed E-state index contributed by atoms with van der Waals surface area (Å²) in [5.74, 6) is 0.116. The maximum absolute atomic E-state index is 12.6. The molecule has 144 valence electrons. The van der Waals surface area contributed by atoms with Crippen LogP contribution in [-0.4, -0.2) is 11.8 Å². The number of anilines is 1. The molecule has 3 N–H and O–H groups in total. The summed E-state index contributed by atoms with van der Waals surface area (Å²) < 4.78 is 11.3. The summed E-state index contributed by atoms with van der Waals surface area (Å²) in [6.07, 6.45) is 4.41. The zero-order valence-electron chi connectivity index (χ0n) is 14.8. The second kappa shape index (κ2) is 9.61. The van der Waals surface area contributed by atoms with Crippen LogP contribution in [0, 0.1) is 0 Å². The molecule has 0 spiro atoms. The highest BCUT2D eigenvalue weighted by Gasteiger charge is 2.18. The van der Waals surface area contributed by atoms with E-state index in [1.165, 1.54) is 18.7 Å². The monoisotopic (exact) mass is 443 g/mol. The molecule has 0 aliphatic rings. The third-order valence-electron chi connectivity index (χ3n) is 3.72. The van der Waals surface area contributed by atoms with E-state index in [4.69, 9.17) is 8.83 Å². The predicted octanol–water partition coefficient (Wildman–Crippen LogP) is 3.56. The van der Waals surface area contributed by atoms with Gasteiger partial charge in [-0.1, -0.05) is 15.9 Å². The van der Waals surface area contributed by atoms with Crippen molar-refractivity contribution in [2.45, 2.75) is 13.1 Å². The van der Waals surface area contributed by atoms with Crippen LogP contribution in [-0.2, 0) is 22.7 Å². The van der Waals surface area contributed by atoms with Gasteiger partial charge in [-0.05, 0) is 48.5 Å². The molecular weight excluding hydrogens is 426 g/mol. The molecule has 0 bridgehead atoms. The zero-order chi connectivity index (χ0) is 19.8. The molecule has 0 saturated heterocycles. The Bertz CT molecular complexity index is 880. The van der Waals surface area contributed by atoms with E-state index in [0.29, 0.717) is 11.5 Å². The second-order valence-electron chi connectivity index (χ2n) is 5.73. The number of amides is 2. The van der Waals surface area contributed by atoms with Gasteiger partial charge in [0.2, 0.25) is 0 Å². The molecule has 28 heavy (non-hydrogen) atoms. The molecule has 8 heteroatoms. The lowest BCUT2D eigenvalue weighted by Gasteiger charge is -2.10. The lowest BCUT2D eigenvalue weighted by molar-refractivity contribution is -0.123. The fourth-order valence-electron chi connectivity index (χ4n) is 2.29. The number of carbonyl (C=O) groups excluding carboxylic acids is 2. The van der Waals surface area contributed by atoms with Gasteiger partial charge in [-0.15, -0.1) is 0 Å². The first kappa shape index (κ1) is 19.5. The van der Waals surface area contributed by atoms with Gasteiger partial charge in [-0.3, -0.25) is 9.59 Å². The minimum Gasteiger partial charge on any atom is -0.467 e. The second-order valence-corrected chi connectivity index (χ2v) is 6.65. The van der Waals surface area contributed by atoms with Crippen LogP contribution in [0.2, 0.25) is 0 Å². The van der Waals surface area contributed by atoms with Crippen molar-refractivity contribution in [3.05, 3.63) is 88.8 Å². The van der Waals surface area contributed by atoms with E-state index in [-0.39, 0.29) is 18.7 Å². The summed E-state index contributed by atoms with van der Waals surface area (Å²) in [4.78, 5) is 25.1. The number of hydrogen-bond donors (Lipinski definition) is 3. The van der Waals surface area contributed by atoms with E-state index in [2.05, 4.69) is 31.9 Å². The van der Waals surface area contributed by atoms with Crippen molar-refractivity contribution in [3.63, 3.8) is 0 Å². The lowest BCUT2D eigenvalue weighted by atomic mass is 10.2. The van der Waals surface area contributed by atoms with Crippen LogP contribution in [0.25, 0.3) is 0 Å². The molecular formula is C20H18BrN3O4. The van der Waals surface area contributed by atoms with E-state index >= 15 is 0 Å². The van der Waals surface area contributed by atoms with Crippen LogP contribution >= 0.6 is 15.9 Å². The van der Waals surface area contributed by atoms with Gasteiger partial charge >= 0.3 is 0 Å². The summed E-state index contributed by atoms with van der Waals surface area (Å²) in [7, 11) is 0. The molecule has 0 aliphatic carbocycles. The number of benzene rings is 1. The summed E-state index contributed by atoms with van der Waals surface area (Å²) in [5.41, 5.74) is 0.666. The fraction of sp³-hybridized carbons (Fsp3) is 0.100. The van der Waals surface area contributed by atoms with Gasteiger partial charge < -0.3 is 24.8 Å².